The fourth-order valence-corrected chi connectivity index (χ4v) is 3.72. The van der Waals surface area contributed by atoms with Crippen molar-refractivity contribution in [3.05, 3.63) is 29.8 Å². The quantitative estimate of drug-likeness (QED) is 0.857. The van der Waals surface area contributed by atoms with Gasteiger partial charge in [-0.25, -0.2) is 8.42 Å². The molecule has 1 saturated heterocycles. The molecule has 0 N–H and O–H groups in total. The molecule has 1 aromatic carbocycles. The molecule has 5 heteroatoms. The molecule has 0 bridgehead atoms. The monoisotopic (exact) mass is 295 g/mol. The van der Waals surface area contributed by atoms with E-state index in [1.807, 2.05) is 6.92 Å². The van der Waals surface area contributed by atoms with Crippen molar-refractivity contribution in [3.8, 4) is 0 Å². The second-order valence-corrected chi connectivity index (χ2v) is 7.65. The Morgan fingerprint density at radius 3 is 2.55 bits per heavy atom. The third kappa shape index (κ3) is 3.60. The number of aryl methyl sites for hydroxylation is 1. The molecule has 1 aliphatic rings. The molecule has 0 spiro atoms. The zero-order chi connectivity index (χ0) is 14.8. The molecule has 20 heavy (non-hydrogen) atoms. The second-order valence-electron chi connectivity index (χ2n) is 5.66. The first-order valence-electron chi connectivity index (χ1n) is 6.96. The predicted molar refractivity (Wildman–Crippen MR) is 78.2 cm³/mol. The number of amides is 1. The Labute approximate surface area is 120 Å². The molecular weight excluding hydrogens is 274 g/mol. The van der Waals surface area contributed by atoms with Crippen molar-refractivity contribution >= 4 is 15.7 Å². The summed E-state index contributed by atoms with van der Waals surface area (Å²) in [6, 6.07) is 6.63. The largest absolute Gasteiger partial charge is 0.342 e. The molecule has 1 heterocycles. The number of hydrogen-bond acceptors (Lipinski definition) is 3. The van der Waals surface area contributed by atoms with Crippen LogP contribution in [0.5, 0.6) is 0 Å². The number of carbonyl (C=O) groups excluding carboxylic acids is 1. The van der Waals surface area contributed by atoms with Crippen LogP contribution in [0.4, 0.5) is 0 Å². The maximum Gasteiger partial charge on any atom is 0.238 e. The van der Waals surface area contributed by atoms with Crippen LogP contribution in [0.1, 0.15) is 25.3 Å². The van der Waals surface area contributed by atoms with Gasteiger partial charge in [-0.1, -0.05) is 24.6 Å². The summed E-state index contributed by atoms with van der Waals surface area (Å²) in [5, 5.41) is 0. The molecule has 1 aliphatic heterocycles. The lowest BCUT2D eigenvalue weighted by atomic mass is 10.0. The van der Waals surface area contributed by atoms with E-state index in [-0.39, 0.29) is 10.8 Å². The van der Waals surface area contributed by atoms with Gasteiger partial charge in [-0.3, -0.25) is 4.79 Å². The van der Waals surface area contributed by atoms with Gasteiger partial charge in [0, 0.05) is 13.1 Å². The first kappa shape index (κ1) is 15.0. The first-order valence-corrected chi connectivity index (χ1v) is 8.61. The summed E-state index contributed by atoms with van der Waals surface area (Å²) in [5.41, 5.74) is 1.00. The lowest BCUT2D eigenvalue weighted by Gasteiger charge is -2.30. The number of nitrogens with zero attached hydrogens (tertiary/aromatic N) is 1. The van der Waals surface area contributed by atoms with Gasteiger partial charge in [0.2, 0.25) is 5.91 Å². The van der Waals surface area contributed by atoms with Crippen LogP contribution in [-0.4, -0.2) is 38.1 Å². The normalized spacial score (nSPS) is 19.9. The van der Waals surface area contributed by atoms with E-state index in [2.05, 4.69) is 6.92 Å². The van der Waals surface area contributed by atoms with Gasteiger partial charge in [-0.2, -0.15) is 0 Å². The van der Waals surface area contributed by atoms with Crippen LogP contribution in [0.3, 0.4) is 0 Å². The maximum absolute atomic E-state index is 12.2. The Balaban J connectivity index is 2.08. The van der Waals surface area contributed by atoms with Gasteiger partial charge in [0.15, 0.2) is 9.84 Å². The van der Waals surface area contributed by atoms with Crippen molar-refractivity contribution in [2.45, 2.75) is 31.6 Å². The molecule has 0 unspecified atom stereocenters. The van der Waals surface area contributed by atoms with E-state index in [1.54, 1.807) is 29.2 Å². The van der Waals surface area contributed by atoms with Gasteiger partial charge in [0.1, 0.15) is 5.75 Å². The highest BCUT2D eigenvalue weighted by Gasteiger charge is 2.26. The van der Waals surface area contributed by atoms with E-state index in [0.717, 1.165) is 18.4 Å². The Morgan fingerprint density at radius 1 is 1.30 bits per heavy atom. The number of rotatable bonds is 3. The summed E-state index contributed by atoms with van der Waals surface area (Å²) >= 11 is 0. The SMILES string of the molecule is Cc1ccc(S(=O)(=O)CC(=O)N2CCC[C@@H](C)C2)cc1. The van der Waals surface area contributed by atoms with E-state index in [1.165, 1.54) is 0 Å². The number of hydrogen-bond donors (Lipinski definition) is 0. The van der Waals surface area contributed by atoms with Crippen LogP contribution in [0.15, 0.2) is 29.2 Å². The van der Waals surface area contributed by atoms with Crippen molar-refractivity contribution in [1.29, 1.82) is 0 Å². The smallest absolute Gasteiger partial charge is 0.238 e. The third-order valence-electron chi connectivity index (χ3n) is 3.70. The summed E-state index contributed by atoms with van der Waals surface area (Å²) < 4.78 is 24.5. The average molecular weight is 295 g/mol. The fraction of sp³-hybridized carbons (Fsp3) is 0.533. The van der Waals surface area contributed by atoms with Crippen molar-refractivity contribution < 1.29 is 13.2 Å². The average Bonchev–Trinajstić information content (AvgIpc) is 2.38. The summed E-state index contributed by atoms with van der Waals surface area (Å²) in [4.78, 5) is 14.1. The molecule has 2 rings (SSSR count). The molecule has 0 radical (unpaired) electrons. The van der Waals surface area contributed by atoms with E-state index in [9.17, 15) is 13.2 Å². The second kappa shape index (κ2) is 5.95. The highest BCUT2D eigenvalue weighted by Crippen LogP contribution is 2.18. The molecular formula is C15H21NO3S. The Kier molecular flexibility index (Phi) is 4.48. The van der Waals surface area contributed by atoms with E-state index in [4.69, 9.17) is 0 Å². The Morgan fingerprint density at radius 2 is 1.95 bits per heavy atom. The zero-order valence-corrected chi connectivity index (χ0v) is 12.8. The minimum Gasteiger partial charge on any atom is -0.342 e. The van der Waals surface area contributed by atoms with Crippen LogP contribution in [0, 0.1) is 12.8 Å². The van der Waals surface area contributed by atoms with Crippen molar-refractivity contribution in [2.24, 2.45) is 5.92 Å². The summed E-state index contributed by atoms with van der Waals surface area (Å²) in [6.07, 6.45) is 2.06. The van der Waals surface area contributed by atoms with Crippen LogP contribution in [-0.2, 0) is 14.6 Å². The topological polar surface area (TPSA) is 54.5 Å². The molecule has 0 aliphatic carbocycles. The van der Waals surface area contributed by atoms with Gasteiger partial charge in [-0.15, -0.1) is 0 Å². The highest BCUT2D eigenvalue weighted by molar-refractivity contribution is 7.92. The molecule has 1 fully saturated rings. The summed E-state index contributed by atoms with van der Waals surface area (Å²) in [5.74, 6) is -0.255. The van der Waals surface area contributed by atoms with Gasteiger partial charge in [0.05, 0.1) is 4.90 Å². The highest BCUT2D eigenvalue weighted by atomic mass is 32.2. The van der Waals surface area contributed by atoms with Gasteiger partial charge in [-0.05, 0) is 37.8 Å². The summed E-state index contributed by atoms with van der Waals surface area (Å²) in [6.45, 7) is 5.33. The predicted octanol–water partition coefficient (Wildman–Crippen LogP) is 2.03. The molecule has 1 atom stereocenters. The first-order chi connectivity index (χ1) is 9.38. The van der Waals surface area contributed by atoms with Gasteiger partial charge >= 0.3 is 0 Å². The lowest BCUT2D eigenvalue weighted by Crippen LogP contribution is -2.42. The molecule has 110 valence electrons. The van der Waals surface area contributed by atoms with Crippen molar-refractivity contribution in [2.75, 3.05) is 18.8 Å². The maximum atomic E-state index is 12.2. The number of benzene rings is 1. The van der Waals surface area contributed by atoms with Crippen molar-refractivity contribution in [1.82, 2.24) is 4.90 Å². The zero-order valence-electron chi connectivity index (χ0n) is 12.0. The van der Waals surface area contributed by atoms with Crippen LogP contribution >= 0.6 is 0 Å². The number of carbonyl (C=O) groups is 1. The standard InChI is InChI=1S/C15H21NO3S/c1-12-5-7-14(8-6-12)20(18,19)11-15(17)16-9-3-4-13(2)10-16/h5-8,13H,3-4,9-11H2,1-2H3/t13-/m1/s1. The van der Waals surface area contributed by atoms with Crippen LogP contribution in [0.2, 0.25) is 0 Å². The van der Waals surface area contributed by atoms with Crippen molar-refractivity contribution in [3.63, 3.8) is 0 Å². The van der Waals surface area contributed by atoms with Gasteiger partial charge < -0.3 is 4.90 Å². The molecule has 1 aromatic rings. The summed E-state index contributed by atoms with van der Waals surface area (Å²) in [7, 11) is -3.53. The van der Waals surface area contributed by atoms with E-state index >= 15 is 0 Å². The van der Waals surface area contributed by atoms with E-state index in [0.29, 0.717) is 19.0 Å². The molecule has 4 nitrogen and oxygen atoms in total. The fourth-order valence-electron chi connectivity index (χ4n) is 2.50. The molecule has 0 saturated carbocycles. The molecule has 1 amide bonds. The van der Waals surface area contributed by atoms with Crippen LogP contribution in [0.25, 0.3) is 0 Å². The van der Waals surface area contributed by atoms with Gasteiger partial charge in [0.25, 0.3) is 0 Å². The van der Waals surface area contributed by atoms with Crippen LogP contribution < -0.4 is 0 Å². The number of sulfone groups is 1. The molecule has 0 aromatic heterocycles. The minimum atomic E-state index is -3.53. The Bertz CT molecular complexity index is 578. The Hall–Kier alpha value is -1.36. The number of piperidine rings is 1. The van der Waals surface area contributed by atoms with E-state index < -0.39 is 15.6 Å². The number of likely N-dealkylation sites (tertiary alicyclic amines) is 1. The minimum absolute atomic E-state index is 0.224. The lowest BCUT2D eigenvalue weighted by molar-refractivity contribution is -0.130. The third-order valence-corrected chi connectivity index (χ3v) is 5.32.